The van der Waals surface area contributed by atoms with Gasteiger partial charge in [0.1, 0.15) is 19.2 Å². The predicted octanol–water partition coefficient (Wildman–Crippen LogP) is 5.04. The molecule has 0 bridgehead atoms. The number of halogens is 3. The van der Waals surface area contributed by atoms with Crippen LogP contribution in [0, 0.1) is 19.7 Å². The van der Waals surface area contributed by atoms with Crippen LogP contribution >= 0.6 is 0 Å². The number of hydrogen-bond donors (Lipinski definition) is 1. The van der Waals surface area contributed by atoms with E-state index in [0.29, 0.717) is 17.7 Å². The Balaban J connectivity index is 1.77. The number of piperidine rings is 1. The van der Waals surface area contributed by atoms with Gasteiger partial charge in [0.2, 0.25) is 0 Å². The molecule has 5 heteroatoms. The summed E-state index contributed by atoms with van der Waals surface area (Å²) < 4.78 is 46.0. The lowest BCUT2D eigenvalue weighted by atomic mass is 9.86. The summed E-state index contributed by atoms with van der Waals surface area (Å²) in [6.45, 7) is 4.37. The lowest BCUT2D eigenvalue weighted by molar-refractivity contribution is 0.00651. The molecule has 27 heavy (non-hydrogen) atoms. The van der Waals surface area contributed by atoms with Crippen molar-refractivity contribution in [3.8, 4) is 0 Å². The van der Waals surface area contributed by atoms with Gasteiger partial charge >= 0.3 is 0 Å². The average molecular weight is 377 g/mol. The van der Waals surface area contributed by atoms with Crippen LogP contribution in [0.2, 0.25) is 0 Å². The van der Waals surface area contributed by atoms with Crippen molar-refractivity contribution in [3.05, 3.63) is 69.5 Å². The van der Waals surface area contributed by atoms with E-state index in [2.05, 4.69) is 5.32 Å². The maximum atomic E-state index is 13.5. The van der Waals surface area contributed by atoms with Crippen LogP contribution in [0.15, 0.2) is 30.3 Å². The Labute approximate surface area is 158 Å². The first-order valence-corrected chi connectivity index (χ1v) is 9.35. The van der Waals surface area contributed by atoms with Crippen LogP contribution in [0.3, 0.4) is 0 Å². The van der Waals surface area contributed by atoms with Crippen LogP contribution < -0.4 is 5.32 Å². The zero-order valence-electron chi connectivity index (χ0n) is 15.8. The fourth-order valence-electron chi connectivity index (χ4n) is 3.93. The Morgan fingerprint density at radius 3 is 2.56 bits per heavy atom. The van der Waals surface area contributed by atoms with Gasteiger partial charge in [-0.25, -0.2) is 13.2 Å². The highest BCUT2D eigenvalue weighted by Gasteiger charge is 2.28. The van der Waals surface area contributed by atoms with Gasteiger partial charge in [-0.05, 0) is 72.3 Å². The molecule has 1 fully saturated rings. The summed E-state index contributed by atoms with van der Waals surface area (Å²) in [4.78, 5) is 0. The molecule has 0 spiro atoms. The normalized spacial score (nSPS) is 20.0. The van der Waals surface area contributed by atoms with Crippen molar-refractivity contribution in [2.24, 2.45) is 0 Å². The maximum absolute atomic E-state index is 13.5. The average Bonchev–Trinajstić information content (AvgIpc) is 2.67. The molecular formula is C22H26F3NO. The Hall–Kier alpha value is -1.85. The van der Waals surface area contributed by atoms with E-state index in [0.717, 1.165) is 41.8 Å². The lowest BCUT2D eigenvalue weighted by Gasteiger charge is -2.33. The molecule has 1 saturated heterocycles. The van der Waals surface area contributed by atoms with E-state index in [-0.39, 0.29) is 17.8 Å². The van der Waals surface area contributed by atoms with Gasteiger partial charge in [0.05, 0.1) is 12.7 Å². The second kappa shape index (κ2) is 8.89. The van der Waals surface area contributed by atoms with E-state index < -0.39 is 13.3 Å². The highest BCUT2D eigenvalue weighted by Crippen LogP contribution is 2.30. The van der Waals surface area contributed by atoms with Gasteiger partial charge in [-0.1, -0.05) is 18.2 Å². The van der Waals surface area contributed by atoms with Crippen LogP contribution in [0.5, 0.6) is 0 Å². The molecule has 2 unspecified atom stereocenters. The Morgan fingerprint density at radius 2 is 1.85 bits per heavy atom. The van der Waals surface area contributed by atoms with Gasteiger partial charge in [-0.15, -0.1) is 0 Å². The van der Waals surface area contributed by atoms with Crippen molar-refractivity contribution in [1.82, 2.24) is 5.32 Å². The second-order valence-electron chi connectivity index (χ2n) is 7.20. The molecule has 0 saturated carbocycles. The van der Waals surface area contributed by atoms with Gasteiger partial charge in [-0.3, -0.25) is 0 Å². The molecule has 1 N–H and O–H groups in total. The molecule has 3 rings (SSSR count). The third-order valence-corrected chi connectivity index (χ3v) is 5.59. The fourth-order valence-corrected chi connectivity index (χ4v) is 3.93. The van der Waals surface area contributed by atoms with E-state index in [9.17, 15) is 13.2 Å². The number of ether oxygens (including phenoxy) is 1. The lowest BCUT2D eigenvalue weighted by Crippen LogP contribution is -2.40. The number of nitrogens with one attached hydrogen (secondary N) is 1. The molecule has 0 radical (unpaired) electrons. The third kappa shape index (κ3) is 4.36. The van der Waals surface area contributed by atoms with Gasteiger partial charge in [0, 0.05) is 12.5 Å². The van der Waals surface area contributed by atoms with E-state index in [4.69, 9.17) is 4.74 Å². The topological polar surface area (TPSA) is 21.3 Å². The molecule has 1 aliphatic rings. The summed E-state index contributed by atoms with van der Waals surface area (Å²) in [5.41, 5.74) is 4.47. The zero-order valence-corrected chi connectivity index (χ0v) is 15.8. The Bertz CT molecular complexity index is 793. The zero-order chi connectivity index (χ0) is 19.4. The van der Waals surface area contributed by atoms with Crippen LogP contribution in [-0.2, 0) is 24.7 Å². The summed E-state index contributed by atoms with van der Waals surface area (Å²) in [5, 5.41) is 3.38. The van der Waals surface area contributed by atoms with Gasteiger partial charge in [-0.2, -0.15) is 0 Å². The summed E-state index contributed by atoms with van der Waals surface area (Å²) >= 11 is 0. The minimum absolute atomic E-state index is 0.00973. The van der Waals surface area contributed by atoms with Gasteiger partial charge in [0.25, 0.3) is 0 Å². The van der Waals surface area contributed by atoms with Crippen molar-refractivity contribution in [2.75, 3.05) is 13.1 Å². The number of rotatable bonds is 6. The second-order valence-corrected chi connectivity index (χ2v) is 7.20. The number of aryl methyl sites for hydroxylation is 1. The summed E-state index contributed by atoms with van der Waals surface area (Å²) in [6, 6.07) is 8.34. The molecule has 2 nitrogen and oxygen atoms in total. The smallest absolute Gasteiger partial charge is 0.123 e. The van der Waals surface area contributed by atoms with Gasteiger partial charge < -0.3 is 10.1 Å². The van der Waals surface area contributed by atoms with Gasteiger partial charge in [0.15, 0.2) is 0 Å². The molecule has 1 aliphatic heterocycles. The summed E-state index contributed by atoms with van der Waals surface area (Å²) in [6.07, 6.45) is 0.837. The Kier molecular flexibility index (Phi) is 6.55. The maximum Gasteiger partial charge on any atom is 0.123 e. The molecule has 146 valence electrons. The van der Waals surface area contributed by atoms with Crippen LogP contribution in [0.1, 0.15) is 45.7 Å². The van der Waals surface area contributed by atoms with Crippen LogP contribution in [0.25, 0.3) is 0 Å². The quantitative estimate of drug-likeness (QED) is 0.761. The standard InChI is InChI=1S/C22H26F3NO/c1-14-9-18(25)5-6-19(14)21-12-26-8-7-22(21)27-13-17-4-3-16(10-23)20(11-24)15(17)2/h3-6,9,21-22,26H,7-8,10-13H2,1-2H3. The minimum Gasteiger partial charge on any atom is -0.373 e. The highest BCUT2D eigenvalue weighted by molar-refractivity contribution is 5.39. The largest absolute Gasteiger partial charge is 0.373 e. The van der Waals surface area contributed by atoms with Crippen molar-refractivity contribution < 1.29 is 17.9 Å². The van der Waals surface area contributed by atoms with E-state index in [1.807, 2.05) is 26.0 Å². The summed E-state index contributed by atoms with van der Waals surface area (Å²) in [5.74, 6) is -0.106. The number of hydrogen-bond acceptors (Lipinski definition) is 2. The summed E-state index contributed by atoms with van der Waals surface area (Å²) in [7, 11) is 0. The molecule has 2 aromatic carbocycles. The SMILES string of the molecule is Cc1cc(F)ccc1C1CNCCC1OCc1ccc(CF)c(CF)c1C. The molecule has 0 aromatic heterocycles. The Morgan fingerprint density at radius 1 is 1.07 bits per heavy atom. The minimum atomic E-state index is -0.677. The molecular weight excluding hydrogens is 351 g/mol. The van der Waals surface area contributed by atoms with Crippen molar-refractivity contribution in [1.29, 1.82) is 0 Å². The van der Waals surface area contributed by atoms with E-state index >= 15 is 0 Å². The molecule has 2 atom stereocenters. The molecule has 1 heterocycles. The number of benzene rings is 2. The monoisotopic (exact) mass is 377 g/mol. The van der Waals surface area contributed by atoms with Crippen molar-refractivity contribution >= 4 is 0 Å². The fraction of sp³-hybridized carbons (Fsp3) is 0.455. The van der Waals surface area contributed by atoms with Crippen molar-refractivity contribution in [2.45, 2.75) is 52.2 Å². The predicted molar refractivity (Wildman–Crippen MR) is 101 cm³/mol. The number of alkyl halides is 2. The van der Waals surface area contributed by atoms with Crippen LogP contribution in [-0.4, -0.2) is 19.2 Å². The molecule has 0 amide bonds. The first kappa shape index (κ1) is 19.9. The van der Waals surface area contributed by atoms with E-state index in [1.165, 1.54) is 6.07 Å². The first-order valence-electron chi connectivity index (χ1n) is 9.35. The third-order valence-electron chi connectivity index (χ3n) is 5.59. The first-order chi connectivity index (χ1) is 13.0. The van der Waals surface area contributed by atoms with E-state index in [1.54, 1.807) is 12.1 Å². The van der Waals surface area contributed by atoms with Crippen molar-refractivity contribution in [3.63, 3.8) is 0 Å². The molecule has 2 aromatic rings. The van der Waals surface area contributed by atoms with Crippen LogP contribution in [0.4, 0.5) is 13.2 Å². The molecule has 0 aliphatic carbocycles. The highest BCUT2D eigenvalue weighted by atomic mass is 19.1.